The third-order valence-corrected chi connectivity index (χ3v) is 4.04. The summed E-state index contributed by atoms with van der Waals surface area (Å²) >= 11 is 5.28. The van der Waals surface area contributed by atoms with Crippen LogP contribution in [0.5, 0.6) is 0 Å². The van der Waals surface area contributed by atoms with Gasteiger partial charge in [0.25, 0.3) is 0 Å². The van der Waals surface area contributed by atoms with Crippen LogP contribution in [0, 0.1) is 5.41 Å². The summed E-state index contributed by atoms with van der Waals surface area (Å²) in [6.45, 7) is 0. The molecule has 1 unspecified atom stereocenters. The van der Waals surface area contributed by atoms with Gasteiger partial charge in [-0.1, -0.05) is 0 Å². The number of hydrazone groups is 1. The fraction of sp³-hybridized carbons (Fsp3) is 0.500. The van der Waals surface area contributed by atoms with Gasteiger partial charge in [-0.15, -0.1) is 0 Å². The second kappa shape index (κ2) is 5.66. The number of rotatable bonds is 5. The fourth-order valence-electron chi connectivity index (χ4n) is 1.62. The molecule has 2 rings (SSSR count). The molecule has 1 aromatic rings. The van der Waals surface area contributed by atoms with Crippen molar-refractivity contribution in [2.24, 2.45) is 5.10 Å². The Morgan fingerprint density at radius 3 is 2.94 bits per heavy atom. The Morgan fingerprint density at radius 1 is 1.78 bits per heavy atom. The predicted octanol–water partition coefficient (Wildman–Crippen LogP) is 2.00. The summed E-state index contributed by atoms with van der Waals surface area (Å²) in [6, 6.07) is 0.434. The zero-order valence-electron chi connectivity index (χ0n) is 9.69. The quantitative estimate of drug-likeness (QED) is 0.383. The molecule has 98 valence electrons. The van der Waals surface area contributed by atoms with Crippen LogP contribution in [0.15, 0.2) is 15.9 Å². The topological polar surface area (TPSA) is 86.3 Å². The van der Waals surface area contributed by atoms with Gasteiger partial charge in [0.1, 0.15) is 20.1 Å². The first-order valence-corrected chi connectivity index (χ1v) is 7.33. The molecular formula is C10H13BrIN5O. The number of hydrogen-bond donors (Lipinski definition) is 3. The van der Waals surface area contributed by atoms with Gasteiger partial charge in [-0.2, -0.15) is 10.2 Å². The minimum Gasteiger partial charge on any atom is -0.382 e. The molecule has 0 amide bonds. The molecule has 6 nitrogen and oxygen atoms in total. The van der Waals surface area contributed by atoms with E-state index in [0.29, 0.717) is 11.6 Å². The minimum absolute atomic E-state index is 0.195. The van der Waals surface area contributed by atoms with Gasteiger partial charge >= 0.3 is 0 Å². The van der Waals surface area contributed by atoms with E-state index in [2.05, 4.69) is 31.6 Å². The molecule has 0 radical (unpaired) electrons. The number of halogens is 2. The van der Waals surface area contributed by atoms with Crippen molar-refractivity contribution in [3.8, 4) is 0 Å². The van der Waals surface area contributed by atoms with Crippen molar-refractivity contribution >= 4 is 48.0 Å². The molecule has 1 aliphatic carbocycles. The van der Waals surface area contributed by atoms with Crippen LogP contribution in [-0.2, 0) is 0 Å². The van der Waals surface area contributed by atoms with Crippen LogP contribution in [0.25, 0.3) is 0 Å². The van der Waals surface area contributed by atoms with E-state index in [1.165, 1.54) is 0 Å². The molecule has 1 atom stereocenters. The molecule has 8 heteroatoms. The van der Waals surface area contributed by atoms with Crippen LogP contribution in [0.4, 0.5) is 0 Å². The van der Waals surface area contributed by atoms with Crippen molar-refractivity contribution in [3.05, 3.63) is 16.4 Å². The van der Waals surface area contributed by atoms with E-state index in [1.807, 2.05) is 27.3 Å². The molecule has 0 bridgehead atoms. The summed E-state index contributed by atoms with van der Waals surface area (Å²) in [5.74, 6) is 0. The second-order valence-electron chi connectivity index (χ2n) is 4.00. The lowest BCUT2D eigenvalue weighted by molar-refractivity contribution is 0.248. The molecular weight excluding hydrogens is 413 g/mol. The SMILES string of the molecule is CN/N=C(\C(=N)I)C(O)c1cnn(C2CC2)c1Br. The van der Waals surface area contributed by atoms with E-state index in [-0.39, 0.29) is 9.43 Å². The van der Waals surface area contributed by atoms with Crippen molar-refractivity contribution in [1.82, 2.24) is 15.2 Å². The van der Waals surface area contributed by atoms with Gasteiger partial charge in [0, 0.05) is 12.6 Å². The summed E-state index contributed by atoms with van der Waals surface area (Å²) in [4.78, 5) is 0. The number of nitrogens with zero attached hydrogens (tertiary/aromatic N) is 3. The van der Waals surface area contributed by atoms with Gasteiger partial charge < -0.3 is 10.5 Å². The lowest BCUT2D eigenvalue weighted by Gasteiger charge is -2.11. The summed E-state index contributed by atoms with van der Waals surface area (Å²) in [5.41, 5.74) is 3.52. The molecule has 1 aromatic heterocycles. The van der Waals surface area contributed by atoms with Gasteiger partial charge in [0.2, 0.25) is 0 Å². The van der Waals surface area contributed by atoms with Gasteiger partial charge in [-0.25, -0.2) is 0 Å². The standard InChI is InChI=1S/C10H13BrIN5O/c1-14-16-7(10(12)13)8(18)6-4-15-17(9(6)11)5-2-3-5/h4-5,8,13-14,18H,2-3H2,1H3/b13-10?,16-7-. The largest absolute Gasteiger partial charge is 0.382 e. The van der Waals surface area contributed by atoms with Crippen LogP contribution in [0.2, 0.25) is 0 Å². The maximum Gasteiger partial charge on any atom is 0.130 e. The first kappa shape index (κ1) is 13.9. The Morgan fingerprint density at radius 2 is 2.44 bits per heavy atom. The Bertz CT molecular complexity index is 496. The van der Waals surface area contributed by atoms with Crippen molar-refractivity contribution in [2.45, 2.75) is 25.0 Å². The van der Waals surface area contributed by atoms with Crippen LogP contribution < -0.4 is 5.43 Å². The molecule has 1 fully saturated rings. The molecule has 1 aliphatic rings. The Hall–Kier alpha value is -0.480. The van der Waals surface area contributed by atoms with Crippen molar-refractivity contribution < 1.29 is 5.11 Å². The lowest BCUT2D eigenvalue weighted by atomic mass is 10.1. The van der Waals surface area contributed by atoms with Crippen LogP contribution in [0.3, 0.4) is 0 Å². The van der Waals surface area contributed by atoms with Gasteiger partial charge in [-0.3, -0.25) is 10.1 Å². The zero-order chi connectivity index (χ0) is 13.3. The molecule has 0 spiro atoms. The minimum atomic E-state index is -0.955. The van der Waals surface area contributed by atoms with Gasteiger partial charge in [0.05, 0.1) is 12.2 Å². The summed E-state index contributed by atoms with van der Waals surface area (Å²) in [6.07, 6.45) is 2.91. The zero-order valence-corrected chi connectivity index (χ0v) is 13.4. The number of aromatic nitrogens is 2. The van der Waals surface area contributed by atoms with E-state index in [4.69, 9.17) is 5.41 Å². The molecule has 1 heterocycles. The van der Waals surface area contributed by atoms with Crippen molar-refractivity contribution in [2.75, 3.05) is 7.05 Å². The summed E-state index contributed by atoms with van der Waals surface area (Å²) < 4.78 is 2.83. The maximum atomic E-state index is 10.3. The van der Waals surface area contributed by atoms with Crippen molar-refractivity contribution in [3.63, 3.8) is 0 Å². The number of hydrogen-bond acceptors (Lipinski definition) is 5. The normalized spacial score (nSPS) is 17.7. The second-order valence-corrected chi connectivity index (χ2v) is 5.83. The number of nitrogens with one attached hydrogen (secondary N) is 2. The molecule has 1 saturated carbocycles. The lowest BCUT2D eigenvalue weighted by Crippen LogP contribution is -2.20. The Kier molecular flexibility index (Phi) is 4.38. The number of aliphatic hydroxyl groups is 1. The van der Waals surface area contributed by atoms with E-state index >= 15 is 0 Å². The average molecular weight is 426 g/mol. The predicted molar refractivity (Wildman–Crippen MR) is 81.4 cm³/mol. The fourth-order valence-corrected chi connectivity index (χ4v) is 2.73. The van der Waals surface area contributed by atoms with Crippen LogP contribution >= 0.6 is 38.5 Å². The highest BCUT2D eigenvalue weighted by Gasteiger charge is 2.30. The highest BCUT2D eigenvalue weighted by molar-refractivity contribution is 14.1. The van der Waals surface area contributed by atoms with Crippen LogP contribution in [0.1, 0.15) is 30.6 Å². The monoisotopic (exact) mass is 425 g/mol. The maximum absolute atomic E-state index is 10.3. The first-order chi connectivity index (χ1) is 8.56. The van der Waals surface area contributed by atoms with Gasteiger partial charge in [-0.05, 0) is 51.4 Å². The summed E-state index contributed by atoms with van der Waals surface area (Å²) in [7, 11) is 1.63. The third kappa shape index (κ3) is 2.75. The van der Waals surface area contributed by atoms with Crippen molar-refractivity contribution in [1.29, 1.82) is 5.41 Å². The van der Waals surface area contributed by atoms with Crippen LogP contribution in [-0.4, -0.2) is 31.4 Å². The highest BCUT2D eigenvalue weighted by Crippen LogP contribution is 2.38. The summed E-state index contributed by atoms with van der Waals surface area (Å²) in [5, 5.41) is 26.1. The number of aliphatic hydroxyl groups excluding tert-OH is 1. The van der Waals surface area contributed by atoms with E-state index in [1.54, 1.807) is 13.2 Å². The highest BCUT2D eigenvalue weighted by atomic mass is 127. The first-order valence-electron chi connectivity index (χ1n) is 5.46. The third-order valence-electron chi connectivity index (χ3n) is 2.66. The van der Waals surface area contributed by atoms with Gasteiger partial charge in [0.15, 0.2) is 0 Å². The van der Waals surface area contributed by atoms with E-state index in [0.717, 1.165) is 17.4 Å². The Labute approximate surface area is 127 Å². The molecule has 0 aliphatic heterocycles. The molecule has 18 heavy (non-hydrogen) atoms. The smallest absolute Gasteiger partial charge is 0.130 e. The van der Waals surface area contributed by atoms with E-state index in [9.17, 15) is 5.11 Å². The Balaban J connectivity index is 2.29. The molecule has 3 N–H and O–H groups in total. The molecule has 0 saturated heterocycles. The molecule has 0 aromatic carbocycles. The average Bonchev–Trinajstić information content (AvgIpc) is 3.09. The van der Waals surface area contributed by atoms with E-state index < -0.39 is 6.10 Å².